The van der Waals surface area contributed by atoms with Gasteiger partial charge in [0.15, 0.2) is 0 Å². The van der Waals surface area contributed by atoms with Crippen LogP contribution in [0.1, 0.15) is 18.5 Å². The summed E-state index contributed by atoms with van der Waals surface area (Å²) in [6.45, 7) is 5.37. The van der Waals surface area contributed by atoms with Gasteiger partial charge in [0.1, 0.15) is 11.6 Å². The van der Waals surface area contributed by atoms with Crippen molar-refractivity contribution in [3.05, 3.63) is 65.7 Å². The second-order valence-corrected chi connectivity index (χ2v) is 6.58. The van der Waals surface area contributed by atoms with Crippen molar-refractivity contribution in [1.82, 2.24) is 10.2 Å². The van der Waals surface area contributed by atoms with E-state index < -0.39 is 0 Å². The number of nitrogens with one attached hydrogen (secondary N) is 1. The third-order valence-corrected chi connectivity index (χ3v) is 4.68. The van der Waals surface area contributed by atoms with Gasteiger partial charge in [-0.25, -0.2) is 8.78 Å². The average molecular weight is 359 g/mol. The molecule has 2 aromatic rings. The Bertz CT molecular complexity index is 726. The second-order valence-electron chi connectivity index (χ2n) is 6.58. The summed E-state index contributed by atoms with van der Waals surface area (Å²) in [7, 11) is 0. The van der Waals surface area contributed by atoms with E-state index in [1.165, 1.54) is 24.3 Å². The van der Waals surface area contributed by atoms with Crippen molar-refractivity contribution in [3.63, 3.8) is 0 Å². The minimum Gasteiger partial charge on any atom is -0.369 e. The Morgan fingerprint density at radius 3 is 2.08 bits per heavy atom. The number of benzene rings is 2. The Hall–Kier alpha value is -2.47. The van der Waals surface area contributed by atoms with Crippen LogP contribution in [-0.2, 0) is 4.79 Å². The lowest BCUT2D eigenvalue weighted by atomic mass is 10.1. The summed E-state index contributed by atoms with van der Waals surface area (Å²) >= 11 is 0. The zero-order chi connectivity index (χ0) is 18.5. The normalized spacial score (nSPS) is 16.3. The summed E-state index contributed by atoms with van der Waals surface area (Å²) in [5, 5.41) is 2.95. The molecule has 3 rings (SSSR count). The lowest BCUT2D eigenvalue weighted by molar-refractivity contribution is -0.123. The van der Waals surface area contributed by atoms with Crippen LogP contribution < -0.4 is 10.2 Å². The van der Waals surface area contributed by atoms with E-state index in [0.717, 1.165) is 37.4 Å². The van der Waals surface area contributed by atoms with Gasteiger partial charge in [0, 0.05) is 31.9 Å². The Morgan fingerprint density at radius 1 is 0.962 bits per heavy atom. The van der Waals surface area contributed by atoms with E-state index in [2.05, 4.69) is 15.1 Å². The van der Waals surface area contributed by atoms with Crippen molar-refractivity contribution < 1.29 is 13.6 Å². The van der Waals surface area contributed by atoms with Crippen LogP contribution in [0.3, 0.4) is 0 Å². The van der Waals surface area contributed by atoms with Crippen LogP contribution >= 0.6 is 0 Å². The van der Waals surface area contributed by atoms with Crippen LogP contribution in [0.4, 0.5) is 14.5 Å². The van der Waals surface area contributed by atoms with Gasteiger partial charge < -0.3 is 10.2 Å². The number of anilines is 1. The van der Waals surface area contributed by atoms with Crippen molar-refractivity contribution in [1.29, 1.82) is 0 Å². The summed E-state index contributed by atoms with van der Waals surface area (Å²) in [6.07, 6.45) is 0. The van der Waals surface area contributed by atoms with Gasteiger partial charge in [0.05, 0.1) is 12.6 Å². The lowest BCUT2D eigenvalue weighted by Gasteiger charge is -2.35. The summed E-state index contributed by atoms with van der Waals surface area (Å²) in [5.41, 5.74) is 1.88. The molecule has 1 fully saturated rings. The molecule has 0 spiro atoms. The van der Waals surface area contributed by atoms with Gasteiger partial charge in [-0.15, -0.1) is 0 Å². The molecule has 1 aliphatic rings. The molecule has 1 N–H and O–H groups in total. The monoisotopic (exact) mass is 359 g/mol. The highest BCUT2D eigenvalue weighted by molar-refractivity contribution is 5.78. The first-order valence-electron chi connectivity index (χ1n) is 8.79. The number of nitrogens with zero attached hydrogens (tertiary/aromatic N) is 2. The Morgan fingerprint density at radius 2 is 1.50 bits per heavy atom. The van der Waals surface area contributed by atoms with E-state index in [9.17, 15) is 13.6 Å². The Labute approximate surface area is 152 Å². The molecule has 1 amide bonds. The molecule has 0 saturated carbocycles. The van der Waals surface area contributed by atoms with Crippen LogP contribution in [-0.4, -0.2) is 43.5 Å². The predicted molar refractivity (Wildman–Crippen MR) is 98.0 cm³/mol. The fourth-order valence-corrected chi connectivity index (χ4v) is 3.14. The summed E-state index contributed by atoms with van der Waals surface area (Å²) in [5.74, 6) is -0.567. The lowest BCUT2D eigenvalue weighted by Crippen LogP contribution is -2.49. The minimum atomic E-state index is -0.286. The first-order chi connectivity index (χ1) is 12.5. The molecule has 2 aromatic carbocycles. The zero-order valence-electron chi connectivity index (χ0n) is 14.8. The zero-order valence-corrected chi connectivity index (χ0v) is 14.8. The van der Waals surface area contributed by atoms with Gasteiger partial charge >= 0.3 is 0 Å². The van der Waals surface area contributed by atoms with Crippen LogP contribution in [0.25, 0.3) is 0 Å². The number of carbonyl (C=O) groups excluding carboxylic acids is 1. The summed E-state index contributed by atoms with van der Waals surface area (Å²) < 4.78 is 26.0. The highest BCUT2D eigenvalue weighted by Gasteiger charge is 2.20. The molecule has 0 aromatic heterocycles. The maximum Gasteiger partial charge on any atom is 0.234 e. The van der Waals surface area contributed by atoms with Crippen LogP contribution in [0.5, 0.6) is 0 Å². The molecule has 0 radical (unpaired) electrons. The fourth-order valence-electron chi connectivity index (χ4n) is 3.14. The predicted octanol–water partition coefficient (Wildman–Crippen LogP) is 2.96. The Balaban J connectivity index is 1.45. The van der Waals surface area contributed by atoms with Gasteiger partial charge in [0.25, 0.3) is 0 Å². The highest BCUT2D eigenvalue weighted by atomic mass is 19.1. The maximum absolute atomic E-state index is 13.0. The first kappa shape index (κ1) is 18.3. The van der Waals surface area contributed by atoms with E-state index in [1.54, 1.807) is 24.3 Å². The van der Waals surface area contributed by atoms with E-state index in [4.69, 9.17) is 0 Å². The van der Waals surface area contributed by atoms with Gasteiger partial charge in [-0.1, -0.05) is 12.1 Å². The molecule has 1 aliphatic heterocycles. The molecule has 1 heterocycles. The van der Waals surface area contributed by atoms with Crippen molar-refractivity contribution >= 4 is 11.6 Å². The van der Waals surface area contributed by atoms with Crippen LogP contribution in [0.2, 0.25) is 0 Å². The van der Waals surface area contributed by atoms with Crippen molar-refractivity contribution in [2.75, 3.05) is 37.6 Å². The SMILES string of the molecule is CC(NC(=O)CN1CCN(c2ccc(F)cc2)CC1)c1ccc(F)cc1. The first-order valence-corrected chi connectivity index (χ1v) is 8.79. The third kappa shape index (κ3) is 4.79. The number of hydrogen-bond donors (Lipinski definition) is 1. The van der Waals surface area contributed by atoms with E-state index >= 15 is 0 Å². The number of amides is 1. The number of rotatable bonds is 5. The molecular formula is C20H23F2N3O. The topological polar surface area (TPSA) is 35.6 Å². The van der Waals surface area contributed by atoms with Crippen LogP contribution in [0.15, 0.2) is 48.5 Å². The van der Waals surface area contributed by atoms with Crippen molar-refractivity contribution in [3.8, 4) is 0 Å². The molecule has 4 nitrogen and oxygen atoms in total. The van der Waals surface area contributed by atoms with Gasteiger partial charge in [-0.3, -0.25) is 9.69 Å². The molecular weight excluding hydrogens is 336 g/mol. The number of hydrogen-bond acceptors (Lipinski definition) is 3. The van der Waals surface area contributed by atoms with Gasteiger partial charge in [-0.2, -0.15) is 0 Å². The van der Waals surface area contributed by atoms with E-state index in [0.29, 0.717) is 6.54 Å². The summed E-state index contributed by atoms with van der Waals surface area (Å²) in [4.78, 5) is 16.6. The largest absolute Gasteiger partial charge is 0.369 e. The van der Waals surface area contributed by atoms with Crippen molar-refractivity contribution in [2.45, 2.75) is 13.0 Å². The molecule has 26 heavy (non-hydrogen) atoms. The number of halogens is 2. The molecule has 1 atom stereocenters. The second kappa shape index (κ2) is 8.27. The Kier molecular flexibility index (Phi) is 5.83. The third-order valence-electron chi connectivity index (χ3n) is 4.68. The minimum absolute atomic E-state index is 0.0444. The smallest absolute Gasteiger partial charge is 0.234 e. The molecule has 6 heteroatoms. The van der Waals surface area contributed by atoms with Gasteiger partial charge in [0.2, 0.25) is 5.91 Å². The van der Waals surface area contributed by atoms with Crippen LogP contribution in [0, 0.1) is 11.6 Å². The molecule has 1 unspecified atom stereocenters. The fraction of sp³-hybridized carbons (Fsp3) is 0.350. The molecule has 1 saturated heterocycles. The number of piperazine rings is 1. The number of carbonyl (C=O) groups is 1. The highest BCUT2D eigenvalue weighted by Crippen LogP contribution is 2.17. The van der Waals surface area contributed by atoms with E-state index in [1.807, 2.05) is 6.92 Å². The molecule has 138 valence electrons. The molecule has 0 aliphatic carbocycles. The summed E-state index contributed by atoms with van der Waals surface area (Å²) in [6, 6.07) is 12.5. The standard InChI is InChI=1S/C20H23F2N3O/c1-15(16-2-4-17(21)5-3-16)23-20(26)14-24-10-12-25(13-11-24)19-8-6-18(22)7-9-19/h2-9,15H,10-14H2,1H3,(H,23,26). The van der Waals surface area contributed by atoms with Gasteiger partial charge in [-0.05, 0) is 48.9 Å². The average Bonchev–Trinajstić information content (AvgIpc) is 2.63. The molecule has 0 bridgehead atoms. The quantitative estimate of drug-likeness (QED) is 0.892. The van der Waals surface area contributed by atoms with E-state index in [-0.39, 0.29) is 23.6 Å². The van der Waals surface area contributed by atoms with Crippen molar-refractivity contribution in [2.24, 2.45) is 0 Å². The maximum atomic E-state index is 13.0.